The van der Waals surface area contributed by atoms with Gasteiger partial charge in [-0.05, 0) is 30.4 Å². The molecule has 3 N–H and O–H groups in total. The second-order valence-corrected chi connectivity index (χ2v) is 9.35. The van der Waals surface area contributed by atoms with Crippen molar-refractivity contribution in [2.75, 3.05) is 26.3 Å². The Morgan fingerprint density at radius 2 is 1.89 bits per heavy atom. The highest BCUT2D eigenvalue weighted by Crippen LogP contribution is 2.23. The van der Waals surface area contributed by atoms with Gasteiger partial charge in [0.2, 0.25) is 15.9 Å². The van der Waals surface area contributed by atoms with Gasteiger partial charge >= 0.3 is 0 Å². The summed E-state index contributed by atoms with van der Waals surface area (Å²) in [7, 11) is -3.40. The molecule has 0 bridgehead atoms. The second-order valence-electron chi connectivity index (χ2n) is 7.38. The molecule has 2 atom stereocenters. The molecule has 1 aromatic rings. The number of hydrogen-bond donors (Lipinski definition) is 2. The second kappa shape index (κ2) is 9.14. The number of sulfonamides is 1. The number of morpholine rings is 1. The first-order valence-electron chi connectivity index (χ1n) is 9.61. The Bertz CT molecular complexity index is 747. The molecule has 27 heavy (non-hydrogen) atoms. The summed E-state index contributed by atoms with van der Waals surface area (Å²) in [5, 5.41) is 2.97. The van der Waals surface area contributed by atoms with Crippen LogP contribution in [0, 0.1) is 5.92 Å². The molecule has 8 heteroatoms. The van der Waals surface area contributed by atoms with E-state index in [-0.39, 0.29) is 23.6 Å². The van der Waals surface area contributed by atoms with Crippen LogP contribution in [0.3, 0.4) is 0 Å². The van der Waals surface area contributed by atoms with Crippen molar-refractivity contribution in [1.29, 1.82) is 0 Å². The minimum atomic E-state index is -3.40. The summed E-state index contributed by atoms with van der Waals surface area (Å²) in [4.78, 5) is 12.5. The van der Waals surface area contributed by atoms with E-state index in [4.69, 9.17) is 10.5 Å². The summed E-state index contributed by atoms with van der Waals surface area (Å²) in [6, 6.07) is 7.48. The summed E-state index contributed by atoms with van der Waals surface area (Å²) in [5.74, 6) is -0.0955. The van der Waals surface area contributed by atoms with Crippen LogP contribution in [0.25, 0.3) is 0 Å². The lowest BCUT2D eigenvalue weighted by atomic mass is 9.85. The maximum absolute atomic E-state index is 12.7. The Balaban J connectivity index is 1.62. The molecular weight excluding hydrogens is 366 g/mol. The number of ether oxygens (including phenoxy) is 1. The van der Waals surface area contributed by atoms with Gasteiger partial charge in [0.05, 0.1) is 19.0 Å². The van der Waals surface area contributed by atoms with Crippen molar-refractivity contribution in [2.45, 2.75) is 44.0 Å². The van der Waals surface area contributed by atoms with Gasteiger partial charge in [-0.1, -0.05) is 30.7 Å². The summed E-state index contributed by atoms with van der Waals surface area (Å²) in [5.41, 5.74) is 7.54. The molecule has 2 fully saturated rings. The quantitative estimate of drug-likeness (QED) is 0.748. The zero-order valence-electron chi connectivity index (χ0n) is 15.6. The number of rotatable bonds is 6. The van der Waals surface area contributed by atoms with Crippen LogP contribution >= 0.6 is 0 Å². The van der Waals surface area contributed by atoms with E-state index in [1.54, 1.807) is 0 Å². The molecular formula is C19H29N3O4S. The van der Waals surface area contributed by atoms with E-state index in [1.165, 1.54) is 4.31 Å². The van der Waals surface area contributed by atoms with E-state index in [0.29, 0.717) is 32.8 Å². The van der Waals surface area contributed by atoms with Crippen LogP contribution in [0.5, 0.6) is 0 Å². The Labute approximate surface area is 161 Å². The van der Waals surface area contributed by atoms with Crippen LogP contribution < -0.4 is 11.1 Å². The molecule has 1 aliphatic heterocycles. The van der Waals surface area contributed by atoms with Crippen molar-refractivity contribution in [1.82, 2.24) is 9.62 Å². The number of nitrogens with zero attached hydrogens (tertiary/aromatic N) is 1. The Kier molecular flexibility index (Phi) is 6.86. The van der Waals surface area contributed by atoms with E-state index in [9.17, 15) is 13.2 Å². The summed E-state index contributed by atoms with van der Waals surface area (Å²) in [6.07, 6.45) is 3.55. The van der Waals surface area contributed by atoms with Gasteiger partial charge in [0.1, 0.15) is 0 Å². The lowest BCUT2D eigenvalue weighted by Crippen LogP contribution is -2.41. The molecule has 0 radical (unpaired) electrons. The van der Waals surface area contributed by atoms with Gasteiger partial charge in [-0.25, -0.2) is 8.42 Å². The normalized spacial score (nSPS) is 24.5. The highest BCUT2D eigenvalue weighted by Gasteiger charge is 2.27. The number of nitrogens with two attached hydrogens (primary N) is 1. The van der Waals surface area contributed by atoms with Crippen LogP contribution in [-0.4, -0.2) is 51.0 Å². The van der Waals surface area contributed by atoms with Crippen LogP contribution in [-0.2, 0) is 31.9 Å². The number of benzene rings is 1. The fourth-order valence-electron chi connectivity index (χ4n) is 3.78. The lowest BCUT2D eigenvalue weighted by molar-refractivity contribution is -0.126. The van der Waals surface area contributed by atoms with E-state index in [1.807, 2.05) is 24.3 Å². The molecule has 1 saturated carbocycles. The van der Waals surface area contributed by atoms with Crippen LogP contribution in [0.2, 0.25) is 0 Å². The minimum Gasteiger partial charge on any atom is -0.379 e. The minimum absolute atomic E-state index is 0.0102. The first-order valence-corrected chi connectivity index (χ1v) is 11.2. The smallest absolute Gasteiger partial charge is 0.223 e. The Morgan fingerprint density at radius 3 is 2.59 bits per heavy atom. The average molecular weight is 396 g/mol. The molecule has 1 heterocycles. The average Bonchev–Trinajstić information content (AvgIpc) is 2.67. The predicted octanol–water partition coefficient (Wildman–Crippen LogP) is 0.982. The molecule has 2 unspecified atom stereocenters. The topological polar surface area (TPSA) is 102 Å². The summed E-state index contributed by atoms with van der Waals surface area (Å²) >= 11 is 0. The number of nitrogens with one attached hydrogen (secondary N) is 1. The molecule has 0 spiro atoms. The van der Waals surface area contributed by atoms with E-state index in [2.05, 4.69) is 5.32 Å². The van der Waals surface area contributed by atoms with Crippen molar-refractivity contribution in [2.24, 2.45) is 11.7 Å². The van der Waals surface area contributed by atoms with E-state index >= 15 is 0 Å². The predicted molar refractivity (Wildman–Crippen MR) is 103 cm³/mol. The maximum atomic E-state index is 12.7. The van der Waals surface area contributed by atoms with Gasteiger partial charge in [0, 0.05) is 31.6 Å². The monoisotopic (exact) mass is 395 g/mol. The zero-order chi connectivity index (χ0) is 19.3. The number of carbonyl (C=O) groups is 1. The maximum Gasteiger partial charge on any atom is 0.223 e. The molecule has 3 rings (SSSR count). The van der Waals surface area contributed by atoms with Crippen molar-refractivity contribution >= 4 is 15.9 Å². The van der Waals surface area contributed by atoms with Gasteiger partial charge in [0.15, 0.2) is 0 Å². The van der Waals surface area contributed by atoms with Crippen LogP contribution in [0.15, 0.2) is 24.3 Å². The van der Waals surface area contributed by atoms with E-state index < -0.39 is 10.0 Å². The molecule has 1 aromatic carbocycles. The third kappa shape index (κ3) is 5.51. The highest BCUT2D eigenvalue weighted by atomic mass is 32.2. The molecule has 2 aliphatic rings. The number of hydrogen-bond acceptors (Lipinski definition) is 5. The highest BCUT2D eigenvalue weighted by molar-refractivity contribution is 7.88. The Hall–Kier alpha value is -1.48. The van der Waals surface area contributed by atoms with Crippen molar-refractivity contribution in [3.8, 4) is 0 Å². The van der Waals surface area contributed by atoms with Crippen molar-refractivity contribution in [3.05, 3.63) is 35.4 Å². The third-order valence-electron chi connectivity index (χ3n) is 5.36. The first-order chi connectivity index (χ1) is 13.0. The molecule has 1 amide bonds. The van der Waals surface area contributed by atoms with Crippen LogP contribution in [0.4, 0.5) is 0 Å². The van der Waals surface area contributed by atoms with Gasteiger partial charge in [-0.2, -0.15) is 4.31 Å². The zero-order valence-corrected chi connectivity index (χ0v) is 16.4. The number of amides is 1. The SMILES string of the molecule is NC1CCCC(C(=O)NCc2ccccc2CS(=O)(=O)N2CCOCC2)C1. The lowest BCUT2D eigenvalue weighted by Gasteiger charge is -2.27. The van der Waals surface area contributed by atoms with E-state index in [0.717, 1.165) is 36.8 Å². The van der Waals surface area contributed by atoms with Gasteiger partial charge < -0.3 is 15.8 Å². The fraction of sp³-hybridized carbons (Fsp3) is 0.632. The molecule has 150 valence electrons. The molecule has 1 saturated heterocycles. The molecule has 1 aliphatic carbocycles. The largest absolute Gasteiger partial charge is 0.379 e. The summed E-state index contributed by atoms with van der Waals surface area (Å²) < 4.78 is 32.1. The van der Waals surface area contributed by atoms with Gasteiger partial charge in [-0.3, -0.25) is 4.79 Å². The first kappa shape index (κ1) is 20.3. The third-order valence-corrected chi connectivity index (χ3v) is 7.19. The molecule has 0 aromatic heterocycles. The van der Waals surface area contributed by atoms with Crippen LogP contribution in [0.1, 0.15) is 36.8 Å². The molecule has 7 nitrogen and oxygen atoms in total. The fourth-order valence-corrected chi connectivity index (χ4v) is 5.34. The van der Waals surface area contributed by atoms with Crippen molar-refractivity contribution in [3.63, 3.8) is 0 Å². The Morgan fingerprint density at radius 1 is 1.19 bits per heavy atom. The van der Waals surface area contributed by atoms with Gasteiger partial charge in [0.25, 0.3) is 0 Å². The van der Waals surface area contributed by atoms with Gasteiger partial charge in [-0.15, -0.1) is 0 Å². The standard InChI is InChI=1S/C19H29N3O4S/c20-18-7-3-6-15(12-18)19(23)21-13-16-4-1-2-5-17(16)14-27(24,25)22-8-10-26-11-9-22/h1-2,4-5,15,18H,3,6-14,20H2,(H,21,23). The number of carbonyl (C=O) groups excluding carboxylic acids is 1. The summed E-state index contributed by atoms with van der Waals surface area (Å²) in [6.45, 7) is 1.98. The van der Waals surface area contributed by atoms with Crippen molar-refractivity contribution < 1.29 is 17.9 Å².